The van der Waals surface area contributed by atoms with E-state index in [9.17, 15) is 9.59 Å². The van der Waals surface area contributed by atoms with E-state index in [0.29, 0.717) is 34.1 Å². The maximum Gasteiger partial charge on any atom is 0.285 e. The van der Waals surface area contributed by atoms with Crippen LogP contribution in [0, 0.1) is 0 Å². The zero-order valence-electron chi connectivity index (χ0n) is 15.9. The number of methoxy groups -OCH3 is 1. The first kappa shape index (κ1) is 22.1. The van der Waals surface area contributed by atoms with E-state index >= 15 is 0 Å². The van der Waals surface area contributed by atoms with Gasteiger partial charge in [0.15, 0.2) is 4.32 Å². The average Bonchev–Trinajstić information content (AvgIpc) is 3.00. The van der Waals surface area contributed by atoms with Gasteiger partial charge in [-0.3, -0.25) is 15.0 Å². The summed E-state index contributed by atoms with van der Waals surface area (Å²) in [5, 5.41) is 1.07. The molecule has 1 saturated heterocycles. The number of nitrogens with one attached hydrogen (secondary N) is 1. The molecule has 0 spiro atoms. The molecule has 3 rings (SSSR count). The molecule has 6 nitrogen and oxygen atoms in total. The molecule has 0 atom stereocenters. The van der Waals surface area contributed by atoms with Crippen LogP contribution in [0.5, 0.6) is 11.5 Å². The second kappa shape index (κ2) is 9.92. The highest BCUT2D eigenvalue weighted by Gasteiger charge is 2.34. The van der Waals surface area contributed by atoms with Crippen molar-refractivity contribution in [3.8, 4) is 11.5 Å². The largest absolute Gasteiger partial charge is 0.497 e. The summed E-state index contributed by atoms with van der Waals surface area (Å²) < 4.78 is 11.8. The third kappa shape index (κ3) is 5.10. The van der Waals surface area contributed by atoms with Crippen LogP contribution in [0.4, 0.5) is 0 Å². The van der Waals surface area contributed by atoms with Crippen LogP contribution in [0.3, 0.4) is 0 Å². The molecule has 1 N–H and O–H groups in total. The molecule has 2 aromatic carbocycles. The van der Waals surface area contributed by atoms with Crippen LogP contribution in [-0.4, -0.2) is 34.9 Å². The Bertz CT molecular complexity index is 1040. The zero-order chi connectivity index (χ0) is 21.7. The molecule has 0 bridgehead atoms. The molecule has 1 heterocycles. The number of nitrogens with zero attached hydrogens (tertiary/aromatic N) is 1. The van der Waals surface area contributed by atoms with Crippen LogP contribution >= 0.6 is 39.9 Å². The fourth-order valence-corrected chi connectivity index (χ4v) is 4.08. The second-order valence-electron chi connectivity index (χ2n) is 5.97. The lowest BCUT2D eigenvalue weighted by Gasteiger charge is -2.15. The summed E-state index contributed by atoms with van der Waals surface area (Å²) in [6.07, 6.45) is 3.32. The van der Waals surface area contributed by atoms with Crippen molar-refractivity contribution in [2.75, 3.05) is 13.7 Å². The zero-order valence-corrected chi connectivity index (χ0v) is 19.1. The number of hydrazine groups is 1. The summed E-state index contributed by atoms with van der Waals surface area (Å²) in [6.45, 7) is 3.98. The molecule has 0 saturated carbocycles. The fraction of sp³-hybridized carbons (Fsp3) is 0.0952. The minimum absolute atomic E-state index is 0.233. The number of thiocarbonyl (C=S) groups is 1. The Hall–Kier alpha value is -2.62. The van der Waals surface area contributed by atoms with E-state index < -0.39 is 11.8 Å². The minimum atomic E-state index is -0.451. The highest BCUT2D eigenvalue weighted by atomic mass is 79.9. The van der Waals surface area contributed by atoms with Gasteiger partial charge in [-0.1, -0.05) is 40.3 Å². The number of amides is 2. The smallest absolute Gasteiger partial charge is 0.285 e. The van der Waals surface area contributed by atoms with Gasteiger partial charge in [0.2, 0.25) is 0 Å². The minimum Gasteiger partial charge on any atom is -0.497 e. The Kier molecular flexibility index (Phi) is 7.30. The Balaban J connectivity index is 1.79. The van der Waals surface area contributed by atoms with Crippen molar-refractivity contribution in [2.24, 2.45) is 0 Å². The van der Waals surface area contributed by atoms with Crippen molar-refractivity contribution in [2.45, 2.75) is 0 Å². The molecule has 0 radical (unpaired) electrons. The summed E-state index contributed by atoms with van der Waals surface area (Å²) in [7, 11) is 1.54. The van der Waals surface area contributed by atoms with Crippen LogP contribution in [-0.2, 0) is 4.79 Å². The highest BCUT2D eigenvalue weighted by Crippen LogP contribution is 2.34. The molecule has 154 valence electrons. The molecule has 30 heavy (non-hydrogen) atoms. The van der Waals surface area contributed by atoms with Gasteiger partial charge in [-0.25, -0.2) is 0 Å². The first-order valence-corrected chi connectivity index (χ1v) is 10.7. The lowest BCUT2D eigenvalue weighted by Crippen LogP contribution is -2.44. The van der Waals surface area contributed by atoms with E-state index in [0.717, 1.165) is 21.2 Å². The third-order valence-corrected chi connectivity index (χ3v) is 5.77. The Morgan fingerprint density at radius 2 is 2.03 bits per heavy atom. The number of carbonyl (C=O) groups excluding carboxylic acids is 2. The summed E-state index contributed by atoms with van der Waals surface area (Å²) in [4.78, 5) is 25.7. The number of benzene rings is 2. The topological polar surface area (TPSA) is 67.9 Å². The molecule has 0 aromatic heterocycles. The van der Waals surface area contributed by atoms with Crippen molar-refractivity contribution in [1.29, 1.82) is 0 Å². The van der Waals surface area contributed by atoms with E-state index in [1.54, 1.807) is 49.6 Å². The monoisotopic (exact) mass is 504 g/mol. The predicted octanol–water partition coefficient (Wildman–Crippen LogP) is 4.57. The SMILES string of the molecule is C=CCOc1ccc(Br)cc1/C=C1/SC(=S)N(NC(=O)c2ccc(OC)cc2)C1=O. The molecule has 1 aliphatic heterocycles. The van der Waals surface area contributed by atoms with Gasteiger partial charge in [-0.05, 0) is 60.8 Å². The van der Waals surface area contributed by atoms with E-state index in [1.807, 2.05) is 12.1 Å². The third-order valence-electron chi connectivity index (χ3n) is 3.97. The molecule has 9 heteroatoms. The number of carbonyl (C=O) groups is 2. The summed E-state index contributed by atoms with van der Waals surface area (Å²) >= 11 is 9.81. The lowest BCUT2D eigenvalue weighted by molar-refractivity contribution is -0.123. The van der Waals surface area contributed by atoms with Gasteiger partial charge in [0.1, 0.15) is 18.1 Å². The molecule has 1 fully saturated rings. The van der Waals surface area contributed by atoms with Crippen LogP contribution < -0.4 is 14.9 Å². The molecule has 2 aromatic rings. The van der Waals surface area contributed by atoms with Gasteiger partial charge in [-0.15, -0.1) is 0 Å². The van der Waals surface area contributed by atoms with Crippen molar-refractivity contribution >= 4 is 62.1 Å². The van der Waals surface area contributed by atoms with Gasteiger partial charge in [0.25, 0.3) is 11.8 Å². The van der Waals surface area contributed by atoms with Crippen LogP contribution in [0.2, 0.25) is 0 Å². The number of ether oxygens (including phenoxy) is 2. The van der Waals surface area contributed by atoms with Crippen molar-refractivity contribution in [1.82, 2.24) is 10.4 Å². The van der Waals surface area contributed by atoms with E-state index in [1.165, 1.54) is 0 Å². The summed E-state index contributed by atoms with van der Waals surface area (Å²) in [6, 6.07) is 12.0. The lowest BCUT2D eigenvalue weighted by atomic mass is 10.2. The van der Waals surface area contributed by atoms with Gasteiger partial charge in [0, 0.05) is 15.6 Å². The highest BCUT2D eigenvalue weighted by molar-refractivity contribution is 9.10. The van der Waals surface area contributed by atoms with Crippen molar-refractivity contribution in [3.63, 3.8) is 0 Å². The molecule has 1 aliphatic rings. The van der Waals surface area contributed by atoms with E-state index in [2.05, 4.69) is 27.9 Å². The maximum atomic E-state index is 12.8. The van der Waals surface area contributed by atoms with E-state index in [-0.39, 0.29) is 4.32 Å². The van der Waals surface area contributed by atoms with Gasteiger partial charge in [0.05, 0.1) is 12.0 Å². The normalized spacial score (nSPS) is 14.7. The number of rotatable bonds is 7. The van der Waals surface area contributed by atoms with Crippen LogP contribution in [0.1, 0.15) is 15.9 Å². The first-order chi connectivity index (χ1) is 14.4. The standard InChI is InChI=1S/C21H17BrN2O4S2/c1-3-10-28-17-9-6-15(22)11-14(17)12-18-20(26)24(21(29)30-18)23-19(25)13-4-7-16(27-2)8-5-13/h3-9,11-12H,1,10H2,2H3,(H,23,25)/b18-12+. The Morgan fingerprint density at radius 3 is 2.70 bits per heavy atom. The number of hydrogen-bond acceptors (Lipinski definition) is 6. The van der Waals surface area contributed by atoms with Gasteiger partial charge >= 0.3 is 0 Å². The van der Waals surface area contributed by atoms with Crippen LogP contribution in [0.15, 0.2) is 64.5 Å². The molecule has 0 unspecified atom stereocenters. The predicted molar refractivity (Wildman–Crippen MR) is 125 cm³/mol. The Morgan fingerprint density at radius 1 is 1.30 bits per heavy atom. The number of thioether (sulfide) groups is 1. The summed E-state index contributed by atoms with van der Waals surface area (Å²) in [5.41, 5.74) is 3.63. The quantitative estimate of drug-likeness (QED) is 0.338. The first-order valence-electron chi connectivity index (χ1n) is 8.69. The maximum absolute atomic E-state index is 12.8. The van der Waals surface area contributed by atoms with Crippen molar-refractivity contribution < 1.29 is 19.1 Å². The molecule has 2 amide bonds. The van der Waals surface area contributed by atoms with Gasteiger partial charge in [-0.2, -0.15) is 5.01 Å². The van der Waals surface area contributed by atoms with Crippen LogP contribution in [0.25, 0.3) is 6.08 Å². The van der Waals surface area contributed by atoms with Crippen molar-refractivity contribution in [3.05, 3.63) is 75.6 Å². The molecular weight excluding hydrogens is 488 g/mol. The fourth-order valence-electron chi connectivity index (χ4n) is 2.53. The van der Waals surface area contributed by atoms with E-state index in [4.69, 9.17) is 21.7 Å². The second-order valence-corrected chi connectivity index (χ2v) is 8.56. The average molecular weight is 505 g/mol. The number of hydrogen-bond donors (Lipinski definition) is 1. The number of halogens is 1. The molecular formula is C21H17BrN2O4S2. The Labute approximate surface area is 192 Å². The molecule has 0 aliphatic carbocycles. The van der Waals surface area contributed by atoms with Gasteiger partial charge < -0.3 is 9.47 Å². The summed E-state index contributed by atoms with van der Waals surface area (Å²) in [5.74, 6) is 0.364.